The molecule has 4 rings (SSSR count). The summed E-state index contributed by atoms with van der Waals surface area (Å²) in [4.78, 5) is 55.2. The number of piperazine rings is 1. The third-order valence-corrected chi connectivity index (χ3v) is 6.76. The molecule has 2 aliphatic heterocycles. The first-order chi connectivity index (χ1) is 16.0. The average molecular weight is 471 g/mol. The van der Waals surface area contributed by atoms with Gasteiger partial charge >= 0.3 is 0 Å². The maximum Gasteiger partial charge on any atom is 0.264 e. The van der Waals surface area contributed by atoms with Crippen molar-refractivity contribution in [1.82, 2.24) is 20.4 Å². The average Bonchev–Trinajstić information content (AvgIpc) is 3.39. The summed E-state index contributed by atoms with van der Waals surface area (Å²) in [5.41, 5.74) is 0.472. The maximum absolute atomic E-state index is 13.2. The first kappa shape index (κ1) is 22.8. The van der Waals surface area contributed by atoms with Crippen LogP contribution in [0.3, 0.4) is 0 Å². The monoisotopic (exact) mass is 470 g/mol. The molecule has 2 atom stereocenters. The van der Waals surface area contributed by atoms with Crippen LogP contribution in [0.15, 0.2) is 41.8 Å². The van der Waals surface area contributed by atoms with Gasteiger partial charge in [-0.15, -0.1) is 11.3 Å². The lowest BCUT2D eigenvalue weighted by molar-refractivity contribution is -0.133. The summed E-state index contributed by atoms with van der Waals surface area (Å²) in [5.74, 6) is -0.508. The number of hydrogen-bond acceptors (Lipinski definition) is 6. The predicted octanol–water partition coefficient (Wildman–Crippen LogP) is 1.12. The molecule has 2 N–H and O–H groups in total. The molecule has 2 aliphatic rings. The van der Waals surface area contributed by atoms with E-state index in [9.17, 15) is 19.2 Å². The quantitative estimate of drug-likeness (QED) is 0.681. The Morgan fingerprint density at radius 1 is 1.12 bits per heavy atom. The van der Waals surface area contributed by atoms with E-state index < -0.39 is 18.0 Å². The van der Waals surface area contributed by atoms with Crippen LogP contribution in [-0.4, -0.2) is 78.8 Å². The van der Waals surface area contributed by atoms with Gasteiger partial charge in [-0.1, -0.05) is 6.07 Å². The Morgan fingerprint density at radius 2 is 1.91 bits per heavy atom. The third kappa shape index (κ3) is 5.00. The molecule has 2 aromatic rings. The van der Waals surface area contributed by atoms with Crippen molar-refractivity contribution >= 4 is 35.0 Å². The number of thiophene rings is 1. The largest absolute Gasteiger partial charge is 0.497 e. The molecule has 1 aromatic carbocycles. The zero-order chi connectivity index (χ0) is 23.4. The summed E-state index contributed by atoms with van der Waals surface area (Å²) in [6.45, 7) is 1.15. The molecule has 2 saturated heterocycles. The molecule has 2 unspecified atom stereocenters. The van der Waals surface area contributed by atoms with Crippen LogP contribution in [0.5, 0.6) is 5.75 Å². The number of ether oxygens (including phenoxy) is 1. The van der Waals surface area contributed by atoms with Gasteiger partial charge in [0, 0.05) is 25.2 Å². The van der Waals surface area contributed by atoms with Crippen LogP contribution in [0, 0.1) is 0 Å². The second-order valence-electron chi connectivity index (χ2n) is 7.97. The van der Waals surface area contributed by atoms with Crippen LogP contribution in [0.2, 0.25) is 0 Å². The second-order valence-corrected chi connectivity index (χ2v) is 8.91. The highest BCUT2D eigenvalue weighted by Gasteiger charge is 2.39. The van der Waals surface area contributed by atoms with Crippen molar-refractivity contribution in [2.75, 3.05) is 33.3 Å². The Hall–Kier alpha value is -3.40. The molecule has 174 valence electrons. The minimum atomic E-state index is -0.898. The summed E-state index contributed by atoms with van der Waals surface area (Å²) < 4.78 is 5.15. The normalized spacial score (nSPS) is 20.7. The van der Waals surface area contributed by atoms with E-state index in [1.165, 1.54) is 16.2 Å². The molecule has 0 radical (unpaired) electrons. The lowest BCUT2D eigenvalue weighted by atomic mass is 10.0. The highest BCUT2D eigenvalue weighted by atomic mass is 32.1. The molecule has 4 amide bonds. The summed E-state index contributed by atoms with van der Waals surface area (Å²) >= 11 is 1.30. The van der Waals surface area contributed by atoms with E-state index in [1.54, 1.807) is 53.8 Å². The van der Waals surface area contributed by atoms with Gasteiger partial charge in [-0.05, 0) is 48.6 Å². The van der Waals surface area contributed by atoms with Gasteiger partial charge in [-0.25, -0.2) is 0 Å². The first-order valence-electron chi connectivity index (χ1n) is 10.8. The van der Waals surface area contributed by atoms with E-state index in [0.717, 1.165) is 6.42 Å². The number of nitrogens with one attached hydrogen (secondary N) is 2. The van der Waals surface area contributed by atoms with Crippen LogP contribution in [0.4, 0.5) is 0 Å². The Kier molecular flexibility index (Phi) is 6.93. The van der Waals surface area contributed by atoms with E-state index in [-0.39, 0.29) is 30.8 Å². The molecule has 10 heteroatoms. The summed E-state index contributed by atoms with van der Waals surface area (Å²) in [7, 11) is 1.55. The van der Waals surface area contributed by atoms with Crippen molar-refractivity contribution in [2.45, 2.75) is 24.9 Å². The number of carbonyl (C=O) groups is 4. The minimum Gasteiger partial charge on any atom is -0.497 e. The van der Waals surface area contributed by atoms with Crippen LogP contribution in [0.25, 0.3) is 0 Å². The molecule has 33 heavy (non-hydrogen) atoms. The lowest BCUT2D eigenvalue weighted by Crippen LogP contribution is -2.63. The topological polar surface area (TPSA) is 108 Å². The molecular formula is C23H26N4O5S. The van der Waals surface area contributed by atoms with Crippen molar-refractivity contribution in [3.63, 3.8) is 0 Å². The van der Waals surface area contributed by atoms with Crippen molar-refractivity contribution in [1.29, 1.82) is 0 Å². The Balaban J connectivity index is 1.53. The highest BCUT2D eigenvalue weighted by molar-refractivity contribution is 7.12. The zero-order valence-corrected chi connectivity index (χ0v) is 19.1. The van der Waals surface area contributed by atoms with E-state index in [2.05, 4.69) is 10.6 Å². The fourth-order valence-electron chi connectivity index (χ4n) is 4.07. The van der Waals surface area contributed by atoms with Crippen LogP contribution in [-0.2, 0) is 9.59 Å². The number of rotatable bonds is 5. The van der Waals surface area contributed by atoms with Gasteiger partial charge in [0.1, 0.15) is 17.8 Å². The summed E-state index contributed by atoms with van der Waals surface area (Å²) in [6, 6.07) is 8.71. The Bertz CT molecular complexity index is 1020. The van der Waals surface area contributed by atoms with Crippen LogP contribution < -0.4 is 15.4 Å². The van der Waals surface area contributed by atoms with Crippen molar-refractivity contribution in [3.05, 3.63) is 52.2 Å². The Morgan fingerprint density at radius 3 is 2.58 bits per heavy atom. The first-order valence-corrected chi connectivity index (χ1v) is 11.7. The highest BCUT2D eigenvalue weighted by Crippen LogP contribution is 2.21. The third-order valence-electron chi connectivity index (χ3n) is 5.90. The second kappa shape index (κ2) is 10.0. The molecule has 0 bridgehead atoms. The SMILES string of the molecule is COc1ccc(C(=O)N2CCN(C(=O)c3cccs3)C(C(=O)NC3CCCNC3=O)C2)cc1. The van der Waals surface area contributed by atoms with Gasteiger partial charge in [0.2, 0.25) is 11.8 Å². The number of nitrogens with zero attached hydrogens (tertiary/aromatic N) is 2. The standard InChI is InChI=1S/C23H26N4O5S/c1-32-16-8-6-15(7-9-16)22(30)26-11-12-27(23(31)19-5-3-13-33-19)18(14-26)21(29)25-17-4-2-10-24-20(17)28/h3,5-9,13,17-18H,2,4,10-12,14H2,1H3,(H,24,28)(H,25,29). The Labute approximate surface area is 195 Å². The molecule has 0 spiro atoms. The van der Waals surface area contributed by atoms with Gasteiger partial charge < -0.3 is 25.2 Å². The fraction of sp³-hybridized carbons (Fsp3) is 0.391. The van der Waals surface area contributed by atoms with E-state index in [4.69, 9.17) is 4.74 Å². The molecular weight excluding hydrogens is 444 g/mol. The number of methoxy groups -OCH3 is 1. The number of hydrogen-bond donors (Lipinski definition) is 2. The molecule has 0 saturated carbocycles. The predicted molar refractivity (Wildman–Crippen MR) is 122 cm³/mol. The zero-order valence-electron chi connectivity index (χ0n) is 18.3. The fourth-order valence-corrected chi connectivity index (χ4v) is 4.75. The molecule has 2 fully saturated rings. The van der Waals surface area contributed by atoms with Gasteiger partial charge in [0.25, 0.3) is 11.8 Å². The number of carbonyl (C=O) groups excluding carboxylic acids is 4. The maximum atomic E-state index is 13.2. The molecule has 1 aromatic heterocycles. The number of amides is 4. The number of piperidine rings is 1. The van der Waals surface area contributed by atoms with Gasteiger partial charge in [-0.3, -0.25) is 19.2 Å². The van der Waals surface area contributed by atoms with Crippen LogP contribution in [0.1, 0.15) is 32.9 Å². The van der Waals surface area contributed by atoms with Gasteiger partial charge in [0.05, 0.1) is 18.5 Å². The van der Waals surface area contributed by atoms with E-state index in [0.29, 0.717) is 35.7 Å². The van der Waals surface area contributed by atoms with Crippen molar-refractivity contribution in [3.8, 4) is 5.75 Å². The lowest BCUT2D eigenvalue weighted by Gasteiger charge is -2.41. The van der Waals surface area contributed by atoms with Crippen molar-refractivity contribution < 1.29 is 23.9 Å². The van der Waals surface area contributed by atoms with Gasteiger partial charge in [0.15, 0.2) is 0 Å². The van der Waals surface area contributed by atoms with E-state index in [1.807, 2.05) is 0 Å². The number of benzene rings is 1. The summed E-state index contributed by atoms with van der Waals surface area (Å²) in [6.07, 6.45) is 1.30. The minimum absolute atomic E-state index is 0.0438. The van der Waals surface area contributed by atoms with Crippen molar-refractivity contribution in [2.24, 2.45) is 0 Å². The molecule has 0 aliphatic carbocycles. The molecule has 9 nitrogen and oxygen atoms in total. The van der Waals surface area contributed by atoms with Crippen LogP contribution >= 0.6 is 11.3 Å². The van der Waals surface area contributed by atoms with Gasteiger partial charge in [-0.2, -0.15) is 0 Å². The smallest absolute Gasteiger partial charge is 0.264 e. The summed E-state index contributed by atoms with van der Waals surface area (Å²) in [5, 5.41) is 7.34. The van der Waals surface area contributed by atoms with E-state index >= 15 is 0 Å². The molecule has 3 heterocycles.